The lowest BCUT2D eigenvalue weighted by molar-refractivity contribution is 0.125. The lowest BCUT2D eigenvalue weighted by atomic mass is 9.75. The smallest absolute Gasteiger partial charge is 0.206 e. The molecule has 0 spiro atoms. The molecular weight excluding hydrogens is 330 g/mol. The summed E-state index contributed by atoms with van der Waals surface area (Å²) >= 11 is 0. The molecule has 136 valence electrons. The maximum absolute atomic E-state index is 12.7. The molecule has 0 N–H and O–H groups in total. The summed E-state index contributed by atoms with van der Waals surface area (Å²) in [4.78, 5) is 2.87. The number of rotatable bonds is 5. The van der Waals surface area contributed by atoms with Crippen LogP contribution < -0.4 is 0 Å². The zero-order valence-corrected chi connectivity index (χ0v) is 16.8. The number of hydrogen-bond donors (Lipinski definition) is 0. The monoisotopic (exact) mass is 359 g/mol. The van der Waals surface area contributed by atoms with Crippen molar-refractivity contribution >= 4 is 9.84 Å². The van der Waals surface area contributed by atoms with Crippen molar-refractivity contribution in [3.05, 3.63) is 60.2 Å². The zero-order chi connectivity index (χ0) is 18.8. The molecular formula is C21H29NO2S. The highest BCUT2D eigenvalue weighted by atomic mass is 32.2. The van der Waals surface area contributed by atoms with Gasteiger partial charge in [0.25, 0.3) is 0 Å². The lowest BCUT2D eigenvalue weighted by Gasteiger charge is -2.38. The first-order valence-electron chi connectivity index (χ1n) is 8.61. The van der Waals surface area contributed by atoms with Gasteiger partial charge in [0.05, 0.1) is 9.79 Å². The topological polar surface area (TPSA) is 37.4 Å². The second-order valence-corrected chi connectivity index (χ2v) is 9.90. The fourth-order valence-electron chi connectivity index (χ4n) is 3.09. The van der Waals surface area contributed by atoms with E-state index in [4.69, 9.17) is 0 Å². The number of sulfone groups is 1. The minimum absolute atomic E-state index is 0.156. The molecule has 0 aliphatic rings. The molecule has 0 aromatic heterocycles. The van der Waals surface area contributed by atoms with Crippen LogP contribution in [0.4, 0.5) is 0 Å². The standard InChI is InChI=1S/C21H29NO2S/c1-16(21(2,3)4)20(22(5)6)17-12-14-19(15-13-17)25(23,24)18-10-8-7-9-11-18/h7-16,20H,1-6H3/t16-,20+/m0/s1. The third-order valence-electron chi connectivity index (χ3n) is 4.98. The Balaban J connectivity index is 2.39. The van der Waals surface area contributed by atoms with E-state index in [1.807, 2.05) is 18.2 Å². The van der Waals surface area contributed by atoms with E-state index in [2.05, 4.69) is 46.7 Å². The lowest BCUT2D eigenvalue weighted by Crippen LogP contribution is -2.33. The SMILES string of the molecule is C[C@@H]([C@H](c1ccc(S(=O)(=O)c2ccccc2)cc1)N(C)C)C(C)(C)C. The van der Waals surface area contributed by atoms with E-state index < -0.39 is 9.84 Å². The van der Waals surface area contributed by atoms with Gasteiger partial charge < -0.3 is 4.90 Å². The summed E-state index contributed by atoms with van der Waals surface area (Å²) in [6.07, 6.45) is 0. The molecule has 2 aromatic carbocycles. The third-order valence-corrected chi connectivity index (χ3v) is 6.77. The van der Waals surface area contributed by atoms with Crippen molar-refractivity contribution in [2.24, 2.45) is 11.3 Å². The number of nitrogens with zero attached hydrogens (tertiary/aromatic N) is 1. The fourth-order valence-corrected chi connectivity index (χ4v) is 4.37. The van der Waals surface area contributed by atoms with E-state index in [1.165, 1.54) is 0 Å². The second-order valence-electron chi connectivity index (χ2n) is 7.95. The predicted octanol–water partition coefficient (Wildman–Crippen LogP) is 4.80. The summed E-state index contributed by atoms with van der Waals surface area (Å²) in [6.45, 7) is 8.96. The van der Waals surface area contributed by atoms with Gasteiger partial charge in [0.1, 0.15) is 0 Å². The van der Waals surface area contributed by atoms with Crippen LogP contribution in [-0.4, -0.2) is 27.4 Å². The first-order chi connectivity index (χ1) is 11.5. The summed E-state index contributed by atoms with van der Waals surface area (Å²) in [7, 11) is 0.678. The summed E-state index contributed by atoms with van der Waals surface area (Å²) in [5.41, 5.74) is 1.29. The maximum Gasteiger partial charge on any atom is 0.206 e. The van der Waals surface area contributed by atoms with Crippen molar-refractivity contribution in [3.8, 4) is 0 Å². The molecule has 0 saturated heterocycles. The molecule has 25 heavy (non-hydrogen) atoms. The Morgan fingerprint density at radius 2 is 1.32 bits per heavy atom. The third kappa shape index (κ3) is 4.31. The molecule has 3 nitrogen and oxygen atoms in total. The summed E-state index contributed by atoms with van der Waals surface area (Å²) in [6, 6.07) is 16.1. The van der Waals surface area contributed by atoms with Gasteiger partial charge >= 0.3 is 0 Å². The van der Waals surface area contributed by atoms with Crippen LogP contribution in [0, 0.1) is 11.3 Å². The van der Waals surface area contributed by atoms with Crippen LogP contribution >= 0.6 is 0 Å². The van der Waals surface area contributed by atoms with Crippen LogP contribution in [0.15, 0.2) is 64.4 Å². The van der Waals surface area contributed by atoms with Crippen LogP contribution in [0.5, 0.6) is 0 Å². The molecule has 2 aromatic rings. The molecule has 2 atom stereocenters. The molecule has 0 saturated carbocycles. The quantitative estimate of drug-likeness (QED) is 0.769. The Morgan fingerprint density at radius 1 is 0.840 bits per heavy atom. The molecule has 0 aliphatic heterocycles. The van der Waals surface area contributed by atoms with Crippen LogP contribution in [0.3, 0.4) is 0 Å². The van der Waals surface area contributed by atoms with Gasteiger partial charge in [-0.25, -0.2) is 8.42 Å². The van der Waals surface area contributed by atoms with Gasteiger partial charge in [0.2, 0.25) is 9.84 Å². The largest absolute Gasteiger partial charge is 0.302 e. The van der Waals surface area contributed by atoms with E-state index in [1.54, 1.807) is 36.4 Å². The average molecular weight is 360 g/mol. The van der Waals surface area contributed by atoms with E-state index in [-0.39, 0.29) is 11.5 Å². The molecule has 0 bridgehead atoms. The molecule has 0 radical (unpaired) electrons. The summed E-state index contributed by atoms with van der Waals surface area (Å²) in [5.74, 6) is 0.416. The number of benzene rings is 2. The molecule has 0 aliphatic carbocycles. The first-order valence-corrected chi connectivity index (χ1v) is 10.1. The Hall–Kier alpha value is -1.65. The summed E-state index contributed by atoms with van der Waals surface area (Å²) in [5, 5.41) is 0. The van der Waals surface area contributed by atoms with Gasteiger partial charge in [-0.05, 0) is 55.3 Å². The highest BCUT2D eigenvalue weighted by Gasteiger charge is 2.31. The minimum atomic E-state index is -3.46. The predicted molar refractivity (Wildman–Crippen MR) is 103 cm³/mol. The van der Waals surface area contributed by atoms with E-state index in [0.717, 1.165) is 5.56 Å². The molecule has 0 unspecified atom stereocenters. The maximum atomic E-state index is 12.7. The number of hydrogen-bond acceptors (Lipinski definition) is 3. The van der Waals surface area contributed by atoms with Crippen molar-refractivity contribution in [1.29, 1.82) is 0 Å². The molecule has 2 rings (SSSR count). The molecule has 0 fully saturated rings. The molecule has 4 heteroatoms. The average Bonchev–Trinajstić information content (AvgIpc) is 2.55. The van der Waals surface area contributed by atoms with Crippen molar-refractivity contribution in [3.63, 3.8) is 0 Å². The van der Waals surface area contributed by atoms with Crippen molar-refractivity contribution < 1.29 is 8.42 Å². The molecule has 0 amide bonds. The van der Waals surface area contributed by atoms with Crippen molar-refractivity contribution in [2.45, 2.75) is 43.5 Å². The Labute approximate surface area is 152 Å². The minimum Gasteiger partial charge on any atom is -0.302 e. The Morgan fingerprint density at radius 3 is 1.76 bits per heavy atom. The van der Waals surface area contributed by atoms with E-state index >= 15 is 0 Å². The summed E-state index contributed by atoms with van der Waals surface area (Å²) < 4.78 is 25.5. The first kappa shape index (κ1) is 19.7. The Bertz CT molecular complexity index is 788. The van der Waals surface area contributed by atoms with Gasteiger partial charge in [-0.1, -0.05) is 58.0 Å². The van der Waals surface area contributed by atoms with Gasteiger partial charge in [0.15, 0.2) is 0 Å². The van der Waals surface area contributed by atoms with Crippen LogP contribution in [0.25, 0.3) is 0 Å². The fraction of sp³-hybridized carbons (Fsp3) is 0.429. The van der Waals surface area contributed by atoms with Crippen molar-refractivity contribution in [1.82, 2.24) is 4.90 Å². The van der Waals surface area contributed by atoms with E-state index in [0.29, 0.717) is 15.7 Å². The molecule has 0 heterocycles. The Kier molecular flexibility index (Phi) is 5.75. The van der Waals surface area contributed by atoms with Crippen LogP contribution in [-0.2, 0) is 9.84 Å². The van der Waals surface area contributed by atoms with Gasteiger partial charge in [-0.3, -0.25) is 0 Å². The van der Waals surface area contributed by atoms with Crippen LogP contribution in [0.1, 0.15) is 39.3 Å². The highest BCUT2D eigenvalue weighted by Crippen LogP contribution is 2.39. The zero-order valence-electron chi connectivity index (χ0n) is 16.0. The van der Waals surface area contributed by atoms with Crippen LogP contribution in [0.2, 0.25) is 0 Å². The normalized spacial score (nSPS) is 15.2. The van der Waals surface area contributed by atoms with Crippen molar-refractivity contribution in [2.75, 3.05) is 14.1 Å². The van der Waals surface area contributed by atoms with Gasteiger partial charge in [-0.2, -0.15) is 0 Å². The van der Waals surface area contributed by atoms with Gasteiger partial charge in [0, 0.05) is 6.04 Å². The highest BCUT2D eigenvalue weighted by molar-refractivity contribution is 7.91. The van der Waals surface area contributed by atoms with Gasteiger partial charge in [-0.15, -0.1) is 0 Å². The van der Waals surface area contributed by atoms with E-state index in [9.17, 15) is 8.42 Å². The second kappa shape index (κ2) is 7.30.